The summed E-state index contributed by atoms with van der Waals surface area (Å²) in [6.45, 7) is 4.56. The van der Waals surface area contributed by atoms with Crippen molar-refractivity contribution in [2.45, 2.75) is 64.8 Å². The van der Waals surface area contributed by atoms with Crippen molar-refractivity contribution in [3.8, 4) is 0 Å². The molecule has 2 atom stereocenters. The lowest BCUT2D eigenvalue weighted by Gasteiger charge is -2.31. The van der Waals surface area contributed by atoms with Crippen LogP contribution in [-0.4, -0.2) is 9.55 Å². The van der Waals surface area contributed by atoms with Gasteiger partial charge in [-0.1, -0.05) is 33.1 Å². The maximum absolute atomic E-state index is 5.93. The van der Waals surface area contributed by atoms with E-state index in [0.29, 0.717) is 6.04 Å². The van der Waals surface area contributed by atoms with Gasteiger partial charge in [0.1, 0.15) is 5.82 Å². The standard InChI is InChI=1S/C18H27N3/c1-3-6-18-20-16-12-14(19)9-10-17(16)21(18)15-8-5-7-13(4-2)11-15/h9-10,12-13,15H,3-8,11,19H2,1-2H3. The van der Waals surface area contributed by atoms with Crippen LogP contribution in [0.1, 0.15) is 64.2 Å². The molecule has 0 aliphatic heterocycles. The number of imidazole rings is 1. The zero-order chi connectivity index (χ0) is 14.8. The molecule has 0 saturated heterocycles. The van der Waals surface area contributed by atoms with Crippen LogP contribution in [0.15, 0.2) is 18.2 Å². The van der Waals surface area contributed by atoms with Gasteiger partial charge < -0.3 is 10.3 Å². The smallest absolute Gasteiger partial charge is 0.110 e. The van der Waals surface area contributed by atoms with Crippen LogP contribution in [0.5, 0.6) is 0 Å². The van der Waals surface area contributed by atoms with Gasteiger partial charge >= 0.3 is 0 Å². The van der Waals surface area contributed by atoms with E-state index >= 15 is 0 Å². The highest BCUT2D eigenvalue weighted by atomic mass is 15.1. The molecular formula is C18H27N3. The Morgan fingerprint density at radius 3 is 2.90 bits per heavy atom. The van der Waals surface area contributed by atoms with Gasteiger partial charge in [-0.05, 0) is 43.4 Å². The van der Waals surface area contributed by atoms with Gasteiger partial charge in [0, 0.05) is 18.2 Å². The minimum atomic E-state index is 0.624. The van der Waals surface area contributed by atoms with E-state index in [4.69, 9.17) is 10.7 Å². The number of aryl methyl sites for hydroxylation is 1. The van der Waals surface area contributed by atoms with Gasteiger partial charge in [0.15, 0.2) is 0 Å². The van der Waals surface area contributed by atoms with Crippen molar-refractivity contribution in [2.24, 2.45) is 5.92 Å². The highest BCUT2D eigenvalue weighted by Crippen LogP contribution is 2.37. The molecule has 114 valence electrons. The first kappa shape index (κ1) is 14.4. The number of benzene rings is 1. The second-order valence-corrected chi connectivity index (χ2v) is 6.49. The normalized spacial score (nSPS) is 22.8. The quantitative estimate of drug-likeness (QED) is 0.827. The molecule has 2 aromatic rings. The molecule has 1 fully saturated rings. The number of hydrogen-bond acceptors (Lipinski definition) is 2. The lowest BCUT2D eigenvalue weighted by Crippen LogP contribution is -2.20. The van der Waals surface area contributed by atoms with Crippen LogP contribution in [0.25, 0.3) is 11.0 Å². The molecule has 1 aliphatic carbocycles. The molecule has 2 unspecified atom stereocenters. The minimum Gasteiger partial charge on any atom is -0.399 e. The van der Waals surface area contributed by atoms with Crippen LogP contribution in [0.3, 0.4) is 0 Å². The molecule has 0 bridgehead atoms. The number of nitrogens with two attached hydrogens (primary N) is 1. The number of fused-ring (bicyclic) bond motifs is 1. The molecule has 0 radical (unpaired) electrons. The lowest BCUT2D eigenvalue weighted by atomic mass is 9.84. The Morgan fingerprint density at radius 2 is 2.14 bits per heavy atom. The first-order chi connectivity index (χ1) is 10.2. The number of anilines is 1. The van der Waals surface area contributed by atoms with Gasteiger partial charge in [-0.15, -0.1) is 0 Å². The van der Waals surface area contributed by atoms with Crippen LogP contribution < -0.4 is 5.73 Å². The molecule has 3 heteroatoms. The molecule has 1 aromatic carbocycles. The maximum atomic E-state index is 5.93. The summed E-state index contributed by atoms with van der Waals surface area (Å²) in [5.74, 6) is 2.13. The van der Waals surface area contributed by atoms with Gasteiger partial charge in [-0.3, -0.25) is 0 Å². The van der Waals surface area contributed by atoms with Crippen LogP contribution >= 0.6 is 0 Å². The Kier molecular flexibility index (Phi) is 4.18. The van der Waals surface area contributed by atoms with Crippen LogP contribution in [0, 0.1) is 5.92 Å². The summed E-state index contributed by atoms with van der Waals surface area (Å²) in [7, 11) is 0. The molecule has 0 spiro atoms. The lowest BCUT2D eigenvalue weighted by molar-refractivity contribution is 0.261. The molecule has 1 aliphatic rings. The summed E-state index contributed by atoms with van der Waals surface area (Å²) >= 11 is 0. The minimum absolute atomic E-state index is 0.624. The molecule has 3 rings (SSSR count). The van der Waals surface area contributed by atoms with Crippen LogP contribution in [0.2, 0.25) is 0 Å². The number of hydrogen-bond donors (Lipinski definition) is 1. The monoisotopic (exact) mass is 285 g/mol. The topological polar surface area (TPSA) is 43.8 Å². The van der Waals surface area contributed by atoms with E-state index < -0.39 is 0 Å². The van der Waals surface area contributed by atoms with Gasteiger partial charge in [0.25, 0.3) is 0 Å². The third-order valence-corrected chi connectivity index (χ3v) is 4.96. The average Bonchev–Trinajstić information content (AvgIpc) is 2.84. The largest absolute Gasteiger partial charge is 0.399 e. The van der Waals surface area contributed by atoms with Crippen molar-refractivity contribution in [1.29, 1.82) is 0 Å². The molecule has 21 heavy (non-hydrogen) atoms. The van der Waals surface area contributed by atoms with Crippen LogP contribution in [0.4, 0.5) is 5.69 Å². The Bertz CT molecular complexity index is 614. The van der Waals surface area contributed by atoms with E-state index in [0.717, 1.165) is 30.0 Å². The molecule has 1 heterocycles. The van der Waals surface area contributed by atoms with Crippen molar-refractivity contribution in [2.75, 3.05) is 5.73 Å². The Morgan fingerprint density at radius 1 is 1.29 bits per heavy atom. The fourth-order valence-corrected chi connectivity index (χ4v) is 3.84. The van der Waals surface area contributed by atoms with E-state index in [2.05, 4.69) is 24.5 Å². The molecule has 0 amide bonds. The number of nitrogens with zero attached hydrogens (tertiary/aromatic N) is 2. The zero-order valence-corrected chi connectivity index (χ0v) is 13.3. The van der Waals surface area contributed by atoms with Crippen molar-refractivity contribution in [3.05, 3.63) is 24.0 Å². The summed E-state index contributed by atoms with van der Waals surface area (Å²) in [5, 5.41) is 0. The van der Waals surface area contributed by atoms with E-state index in [-0.39, 0.29) is 0 Å². The van der Waals surface area contributed by atoms with Gasteiger partial charge in [0.05, 0.1) is 11.0 Å². The van der Waals surface area contributed by atoms with E-state index in [9.17, 15) is 0 Å². The fourth-order valence-electron chi connectivity index (χ4n) is 3.84. The molecule has 1 saturated carbocycles. The zero-order valence-electron chi connectivity index (χ0n) is 13.3. The highest BCUT2D eigenvalue weighted by Gasteiger charge is 2.25. The SMILES string of the molecule is CCCc1nc2cc(N)ccc2n1C1CCCC(CC)C1. The van der Waals surface area contributed by atoms with Crippen molar-refractivity contribution in [3.63, 3.8) is 0 Å². The Hall–Kier alpha value is -1.51. The number of nitrogen functional groups attached to an aromatic ring is 1. The summed E-state index contributed by atoms with van der Waals surface area (Å²) in [4.78, 5) is 4.87. The Balaban J connectivity index is 2.04. The molecule has 2 N–H and O–H groups in total. The Labute approximate surface area is 127 Å². The van der Waals surface area contributed by atoms with Gasteiger partial charge in [-0.25, -0.2) is 4.98 Å². The highest BCUT2D eigenvalue weighted by molar-refractivity contribution is 5.79. The van der Waals surface area contributed by atoms with Crippen molar-refractivity contribution in [1.82, 2.24) is 9.55 Å². The maximum Gasteiger partial charge on any atom is 0.110 e. The fraction of sp³-hybridized carbons (Fsp3) is 0.611. The van der Waals surface area contributed by atoms with E-state index in [1.807, 2.05) is 12.1 Å². The number of aromatic nitrogens is 2. The molecular weight excluding hydrogens is 258 g/mol. The second-order valence-electron chi connectivity index (χ2n) is 6.49. The predicted molar refractivity (Wildman–Crippen MR) is 89.4 cm³/mol. The third-order valence-electron chi connectivity index (χ3n) is 4.96. The summed E-state index contributed by atoms with van der Waals surface area (Å²) in [6, 6.07) is 6.81. The van der Waals surface area contributed by atoms with Crippen molar-refractivity contribution < 1.29 is 0 Å². The number of rotatable bonds is 4. The van der Waals surface area contributed by atoms with Crippen LogP contribution in [-0.2, 0) is 6.42 Å². The first-order valence-electron chi connectivity index (χ1n) is 8.49. The van der Waals surface area contributed by atoms with Gasteiger partial charge in [-0.2, -0.15) is 0 Å². The predicted octanol–water partition coefficient (Wildman–Crippen LogP) is 4.71. The molecule has 1 aromatic heterocycles. The first-order valence-corrected chi connectivity index (χ1v) is 8.49. The summed E-state index contributed by atoms with van der Waals surface area (Å²) in [5.41, 5.74) is 9.08. The average molecular weight is 285 g/mol. The summed E-state index contributed by atoms with van der Waals surface area (Å²) < 4.78 is 2.53. The van der Waals surface area contributed by atoms with Crippen molar-refractivity contribution >= 4 is 16.7 Å². The van der Waals surface area contributed by atoms with Gasteiger partial charge in [0.2, 0.25) is 0 Å². The second kappa shape index (κ2) is 6.08. The third kappa shape index (κ3) is 2.78. The summed E-state index contributed by atoms with van der Waals surface area (Å²) in [6.07, 6.45) is 8.86. The van der Waals surface area contributed by atoms with E-state index in [1.165, 1.54) is 43.4 Å². The van der Waals surface area contributed by atoms with E-state index in [1.54, 1.807) is 0 Å². The molecule has 3 nitrogen and oxygen atoms in total.